The summed E-state index contributed by atoms with van der Waals surface area (Å²) in [5, 5.41) is 12.2. The number of hydrogen-bond donors (Lipinski definition) is 1. The number of benzene rings is 1. The summed E-state index contributed by atoms with van der Waals surface area (Å²) >= 11 is 0. The lowest BCUT2D eigenvalue weighted by Gasteiger charge is -2.11. The Morgan fingerprint density at radius 1 is 1.21 bits per heavy atom. The minimum Gasteiger partial charge on any atom is -0.372 e. The normalized spacial score (nSPS) is 12.8. The van der Waals surface area contributed by atoms with Crippen LogP contribution in [0.1, 0.15) is 23.1 Å². The van der Waals surface area contributed by atoms with E-state index in [0.717, 1.165) is 25.0 Å². The Morgan fingerprint density at radius 3 is 2.79 bits per heavy atom. The molecule has 94 valence electrons. The molecule has 19 heavy (non-hydrogen) atoms. The van der Waals surface area contributed by atoms with E-state index in [2.05, 4.69) is 34.6 Å². The molecule has 3 rings (SSSR count). The zero-order valence-electron chi connectivity index (χ0n) is 10.9. The lowest BCUT2D eigenvalue weighted by Crippen LogP contribution is -2.01. The number of aromatic nitrogens is 1. The van der Waals surface area contributed by atoms with Gasteiger partial charge in [0.15, 0.2) is 0 Å². The van der Waals surface area contributed by atoms with Crippen LogP contribution in [0.4, 0.5) is 5.82 Å². The summed E-state index contributed by atoms with van der Waals surface area (Å²) in [4.78, 5) is 4.67. The molecule has 1 aromatic heterocycles. The van der Waals surface area contributed by atoms with Gasteiger partial charge < -0.3 is 5.32 Å². The molecule has 1 heterocycles. The van der Waals surface area contributed by atoms with Crippen molar-refractivity contribution in [1.82, 2.24) is 4.98 Å². The van der Waals surface area contributed by atoms with E-state index in [9.17, 15) is 5.26 Å². The second-order valence-electron chi connectivity index (χ2n) is 4.76. The highest BCUT2D eigenvalue weighted by molar-refractivity contribution is 5.72. The fourth-order valence-electron chi connectivity index (χ4n) is 2.69. The van der Waals surface area contributed by atoms with Crippen LogP contribution in [-0.4, -0.2) is 12.0 Å². The Bertz CT molecular complexity index is 668. The Hall–Kier alpha value is -2.34. The van der Waals surface area contributed by atoms with Gasteiger partial charge in [-0.05, 0) is 36.5 Å². The minimum atomic E-state index is 0.626. The van der Waals surface area contributed by atoms with Gasteiger partial charge in [-0.15, -0.1) is 0 Å². The number of nitriles is 1. The highest BCUT2D eigenvalue weighted by Crippen LogP contribution is 2.33. The van der Waals surface area contributed by atoms with Crippen molar-refractivity contribution >= 4 is 5.82 Å². The van der Waals surface area contributed by atoms with Crippen molar-refractivity contribution in [1.29, 1.82) is 5.26 Å². The first kappa shape index (κ1) is 11.7. The van der Waals surface area contributed by atoms with Gasteiger partial charge in [-0.25, -0.2) is 4.98 Å². The van der Waals surface area contributed by atoms with Crippen LogP contribution in [0.3, 0.4) is 0 Å². The van der Waals surface area contributed by atoms with E-state index in [1.165, 1.54) is 16.7 Å². The van der Waals surface area contributed by atoms with Crippen LogP contribution in [0, 0.1) is 11.3 Å². The fraction of sp³-hybridized carbons (Fsp3) is 0.250. The Labute approximate surface area is 112 Å². The van der Waals surface area contributed by atoms with Gasteiger partial charge >= 0.3 is 0 Å². The van der Waals surface area contributed by atoms with Crippen LogP contribution < -0.4 is 5.32 Å². The van der Waals surface area contributed by atoms with E-state index >= 15 is 0 Å². The molecule has 0 unspecified atom stereocenters. The number of rotatable bonds is 1. The second kappa shape index (κ2) is 4.74. The maximum Gasteiger partial charge on any atom is 0.144 e. The summed E-state index contributed by atoms with van der Waals surface area (Å²) in [6, 6.07) is 12.6. The van der Waals surface area contributed by atoms with Gasteiger partial charge in [0.1, 0.15) is 11.9 Å². The minimum absolute atomic E-state index is 0.626. The zero-order chi connectivity index (χ0) is 13.2. The third-order valence-electron chi connectivity index (χ3n) is 3.62. The molecule has 1 aliphatic rings. The van der Waals surface area contributed by atoms with Crippen molar-refractivity contribution < 1.29 is 0 Å². The molecule has 0 aliphatic heterocycles. The first-order valence-corrected chi connectivity index (χ1v) is 6.53. The molecule has 1 aromatic carbocycles. The second-order valence-corrected chi connectivity index (χ2v) is 4.76. The number of hydrogen-bond acceptors (Lipinski definition) is 3. The molecular formula is C16H15N3. The highest BCUT2D eigenvalue weighted by atomic mass is 15.0. The number of anilines is 1. The third kappa shape index (κ3) is 1.96. The van der Waals surface area contributed by atoms with E-state index in [1.807, 2.05) is 12.1 Å². The Morgan fingerprint density at radius 2 is 2.00 bits per heavy atom. The predicted molar refractivity (Wildman–Crippen MR) is 76.0 cm³/mol. The largest absolute Gasteiger partial charge is 0.372 e. The van der Waals surface area contributed by atoms with Crippen LogP contribution >= 0.6 is 0 Å². The predicted octanol–water partition coefficient (Wildman–Crippen LogP) is 3.15. The molecule has 0 bridgehead atoms. The van der Waals surface area contributed by atoms with E-state index in [1.54, 1.807) is 7.05 Å². The van der Waals surface area contributed by atoms with E-state index < -0.39 is 0 Å². The average molecular weight is 249 g/mol. The van der Waals surface area contributed by atoms with Crippen LogP contribution in [0.15, 0.2) is 30.3 Å². The average Bonchev–Trinajstić information content (AvgIpc) is 2.64. The summed E-state index contributed by atoms with van der Waals surface area (Å²) in [5.41, 5.74) is 5.38. The van der Waals surface area contributed by atoms with Crippen molar-refractivity contribution in [3.8, 4) is 17.3 Å². The molecule has 1 aliphatic carbocycles. The van der Waals surface area contributed by atoms with Crippen LogP contribution in [0.25, 0.3) is 11.3 Å². The van der Waals surface area contributed by atoms with Crippen molar-refractivity contribution in [2.75, 3.05) is 12.4 Å². The smallest absolute Gasteiger partial charge is 0.144 e. The van der Waals surface area contributed by atoms with Crippen molar-refractivity contribution in [2.45, 2.75) is 19.3 Å². The summed E-state index contributed by atoms with van der Waals surface area (Å²) in [6.07, 6.45) is 3.16. The van der Waals surface area contributed by atoms with Gasteiger partial charge in [0.25, 0.3) is 0 Å². The number of nitrogens with zero attached hydrogens (tertiary/aromatic N) is 2. The molecule has 0 atom stereocenters. The van der Waals surface area contributed by atoms with Gasteiger partial charge in [0, 0.05) is 12.6 Å². The summed E-state index contributed by atoms with van der Waals surface area (Å²) in [5.74, 6) is 0.665. The highest BCUT2D eigenvalue weighted by Gasteiger charge is 2.17. The number of pyridine rings is 1. The summed E-state index contributed by atoms with van der Waals surface area (Å²) < 4.78 is 0. The van der Waals surface area contributed by atoms with Gasteiger partial charge in [0.05, 0.1) is 11.3 Å². The molecule has 1 N–H and O–H groups in total. The summed E-state index contributed by atoms with van der Waals surface area (Å²) in [6.45, 7) is 0. The number of aryl methyl sites for hydroxylation is 2. The topological polar surface area (TPSA) is 48.7 Å². The number of nitrogens with one attached hydrogen (secondary N) is 1. The third-order valence-corrected chi connectivity index (χ3v) is 3.62. The summed E-state index contributed by atoms with van der Waals surface area (Å²) in [7, 11) is 1.80. The molecular weight excluding hydrogens is 234 g/mol. The maximum atomic E-state index is 9.19. The molecule has 0 spiro atoms. The Kier molecular flexibility index (Phi) is 2.92. The maximum absolute atomic E-state index is 9.19. The van der Waals surface area contributed by atoms with Gasteiger partial charge in [-0.2, -0.15) is 5.26 Å². The zero-order valence-corrected chi connectivity index (χ0v) is 10.9. The van der Waals surface area contributed by atoms with Crippen LogP contribution in [-0.2, 0) is 12.8 Å². The SMILES string of the molecule is CNc1nc2c(cc1C#N)CCCc1ccccc1-2. The Balaban J connectivity index is 2.27. The molecule has 3 heteroatoms. The lowest BCUT2D eigenvalue weighted by molar-refractivity contribution is 0.833. The molecule has 2 aromatic rings. The van der Waals surface area contributed by atoms with Gasteiger partial charge in [0.2, 0.25) is 0 Å². The van der Waals surface area contributed by atoms with Gasteiger partial charge in [-0.3, -0.25) is 0 Å². The molecule has 0 saturated carbocycles. The monoisotopic (exact) mass is 249 g/mol. The van der Waals surface area contributed by atoms with Crippen molar-refractivity contribution in [3.05, 3.63) is 47.0 Å². The molecule has 0 saturated heterocycles. The van der Waals surface area contributed by atoms with Gasteiger partial charge in [-0.1, -0.05) is 24.3 Å². The van der Waals surface area contributed by atoms with Crippen molar-refractivity contribution in [3.63, 3.8) is 0 Å². The molecule has 3 nitrogen and oxygen atoms in total. The quantitative estimate of drug-likeness (QED) is 0.844. The fourth-order valence-corrected chi connectivity index (χ4v) is 2.69. The van der Waals surface area contributed by atoms with Crippen molar-refractivity contribution in [2.24, 2.45) is 0 Å². The lowest BCUT2D eigenvalue weighted by atomic mass is 10.0. The number of fused-ring (bicyclic) bond motifs is 3. The molecule has 0 fully saturated rings. The first-order valence-electron chi connectivity index (χ1n) is 6.53. The molecule has 0 amide bonds. The first-order chi connectivity index (χ1) is 9.33. The standard InChI is InChI=1S/C16H15N3/c1-18-16-13(10-17)9-12-7-4-6-11-5-2-3-8-14(11)15(12)19-16/h2-3,5,8-9H,4,6-7H2,1H3,(H,18,19). The van der Waals surface area contributed by atoms with Crippen LogP contribution in [0.2, 0.25) is 0 Å². The van der Waals surface area contributed by atoms with E-state index in [4.69, 9.17) is 0 Å². The molecule has 0 radical (unpaired) electrons. The van der Waals surface area contributed by atoms with E-state index in [-0.39, 0.29) is 0 Å². The van der Waals surface area contributed by atoms with E-state index in [0.29, 0.717) is 11.4 Å². The van der Waals surface area contributed by atoms with Crippen LogP contribution in [0.5, 0.6) is 0 Å².